The Balaban J connectivity index is 1.40. The van der Waals surface area contributed by atoms with Gasteiger partial charge in [-0.3, -0.25) is 14.1 Å². The number of nitrogens with one attached hydrogen (secondary N) is 1. The predicted octanol–water partition coefficient (Wildman–Crippen LogP) is 3.75. The molecule has 0 bridgehead atoms. The van der Waals surface area contributed by atoms with E-state index in [1.165, 1.54) is 16.6 Å². The third kappa shape index (κ3) is 3.16. The zero-order chi connectivity index (χ0) is 20.8. The van der Waals surface area contributed by atoms with Crippen LogP contribution in [0.25, 0.3) is 16.6 Å². The summed E-state index contributed by atoms with van der Waals surface area (Å²) in [5.41, 5.74) is 5.79. The highest BCUT2D eigenvalue weighted by Gasteiger charge is 2.21. The smallest absolute Gasteiger partial charge is 0.261 e. The van der Waals surface area contributed by atoms with Gasteiger partial charge in [-0.1, -0.05) is 17.7 Å². The molecule has 7 heteroatoms. The number of halogens is 1. The van der Waals surface area contributed by atoms with E-state index in [2.05, 4.69) is 20.9 Å². The normalized spacial score (nSPS) is 14.4. The van der Waals surface area contributed by atoms with E-state index in [4.69, 9.17) is 16.3 Å². The van der Waals surface area contributed by atoms with E-state index in [-0.39, 0.29) is 5.56 Å². The lowest BCUT2D eigenvalue weighted by atomic mass is 10.0. The van der Waals surface area contributed by atoms with E-state index in [9.17, 15) is 4.79 Å². The van der Waals surface area contributed by atoms with Gasteiger partial charge in [-0.25, -0.2) is 4.98 Å². The topological polar surface area (TPSA) is 62.6 Å². The summed E-state index contributed by atoms with van der Waals surface area (Å²) in [6.07, 6.45) is 3.38. The number of hydrogen-bond acceptors (Lipinski definition) is 4. The molecule has 4 aromatic rings. The largest absolute Gasteiger partial charge is 0.493 e. The van der Waals surface area contributed by atoms with Crippen LogP contribution in [0.4, 0.5) is 0 Å². The first kappa shape index (κ1) is 19.2. The third-order valence-electron chi connectivity index (χ3n) is 6.03. The van der Waals surface area contributed by atoms with Crippen LogP contribution < -0.4 is 10.3 Å². The van der Waals surface area contributed by atoms with Crippen LogP contribution >= 0.6 is 11.6 Å². The second-order valence-corrected chi connectivity index (χ2v) is 8.24. The summed E-state index contributed by atoms with van der Waals surface area (Å²) in [4.78, 5) is 23.7. The molecule has 3 aromatic heterocycles. The number of methoxy groups -OCH3 is 1. The van der Waals surface area contributed by atoms with Crippen LogP contribution in [0.3, 0.4) is 0 Å². The van der Waals surface area contributed by atoms with Crippen molar-refractivity contribution in [3.8, 4) is 5.75 Å². The van der Waals surface area contributed by atoms with Crippen molar-refractivity contribution >= 4 is 28.2 Å². The Morgan fingerprint density at radius 2 is 2.17 bits per heavy atom. The molecule has 0 saturated heterocycles. The van der Waals surface area contributed by atoms with Gasteiger partial charge in [0.25, 0.3) is 5.56 Å². The average molecular weight is 423 g/mol. The summed E-state index contributed by atoms with van der Waals surface area (Å²) in [5, 5.41) is 1.98. The fraction of sp³-hybridized carbons (Fsp3) is 0.304. The summed E-state index contributed by atoms with van der Waals surface area (Å²) in [6.45, 7) is 4.54. The van der Waals surface area contributed by atoms with Gasteiger partial charge < -0.3 is 9.72 Å². The molecule has 0 fully saturated rings. The van der Waals surface area contributed by atoms with E-state index in [1.807, 2.05) is 31.2 Å². The Morgan fingerprint density at radius 1 is 1.30 bits per heavy atom. The van der Waals surface area contributed by atoms with E-state index in [1.54, 1.807) is 17.7 Å². The maximum atomic E-state index is 13.1. The molecular weight excluding hydrogens is 400 g/mol. The van der Waals surface area contributed by atoms with Crippen LogP contribution in [0.1, 0.15) is 22.5 Å². The average Bonchev–Trinajstić information content (AvgIpc) is 3.10. The van der Waals surface area contributed by atoms with Gasteiger partial charge in [0.15, 0.2) is 11.4 Å². The first-order valence-corrected chi connectivity index (χ1v) is 10.5. The Kier molecular flexibility index (Phi) is 4.76. The monoisotopic (exact) mass is 422 g/mol. The number of ether oxygens (including phenoxy) is 1. The third-order valence-corrected chi connectivity index (χ3v) is 6.27. The quantitative estimate of drug-likeness (QED) is 0.544. The lowest BCUT2D eigenvalue weighted by Gasteiger charge is -2.27. The molecule has 1 N–H and O–H groups in total. The Hall–Kier alpha value is -2.83. The number of benzene rings is 1. The fourth-order valence-corrected chi connectivity index (χ4v) is 4.61. The van der Waals surface area contributed by atoms with Crippen molar-refractivity contribution < 1.29 is 4.74 Å². The van der Waals surface area contributed by atoms with Crippen LogP contribution in [0, 0.1) is 6.92 Å². The number of rotatable bonds is 4. The maximum Gasteiger partial charge on any atom is 0.261 e. The molecule has 0 amide bonds. The first-order chi connectivity index (χ1) is 14.5. The first-order valence-electron chi connectivity index (χ1n) is 10.1. The van der Waals surface area contributed by atoms with E-state index >= 15 is 0 Å². The number of H-pyrrole nitrogens is 1. The van der Waals surface area contributed by atoms with Crippen LogP contribution in [-0.2, 0) is 19.4 Å². The van der Waals surface area contributed by atoms with Gasteiger partial charge in [0.05, 0.1) is 7.11 Å². The van der Waals surface area contributed by atoms with Crippen molar-refractivity contribution in [3.63, 3.8) is 0 Å². The summed E-state index contributed by atoms with van der Waals surface area (Å²) in [6, 6.07) is 9.65. The molecule has 1 aliphatic heterocycles. The number of aromatic nitrogens is 3. The minimum Gasteiger partial charge on any atom is -0.493 e. The second kappa shape index (κ2) is 7.45. The highest BCUT2D eigenvalue weighted by molar-refractivity contribution is 6.31. The lowest BCUT2D eigenvalue weighted by Crippen LogP contribution is -2.33. The van der Waals surface area contributed by atoms with Gasteiger partial charge in [-0.05, 0) is 43.2 Å². The number of hydrogen-bond donors (Lipinski definition) is 1. The highest BCUT2D eigenvalue weighted by Crippen LogP contribution is 2.29. The fourth-order valence-electron chi connectivity index (χ4n) is 4.44. The number of nitrogens with zero attached hydrogens (tertiary/aromatic N) is 3. The number of aromatic amines is 1. The number of fused-ring (bicyclic) bond motifs is 4. The van der Waals surface area contributed by atoms with Gasteiger partial charge in [-0.2, -0.15) is 0 Å². The summed E-state index contributed by atoms with van der Waals surface area (Å²) >= 11 is 6.14. The summed E-state index contributed by atoms with van der Waals surface area (Å²) in [7, 11) is 1.59. The number of aryl methyl sites for hydroxylation is 1. The van der Waals surface area contributed by atoms with Gasteiger partial charge >= 0.3 is 0 Å². The molecule has 6 nitrogen and oxygen atoms in total. The zero-order valence-electron chi connectivity index (χ0n) is 17.0. The Morgan fingerprint density at radius 3 is 3.00 bits per heavy atom. The van der Waals surface area contributed by atoms with E-state index in [0.717, 1.165) is 47.9 Å². The van der Waals surface area contributed by atoms with Crippen molar-refractivity contribution in [3.05, 3.63) is 74.4 Å². The molecule has 5 rings (SSSR count). The highest BCUT2D eigenvalue weighted by atomic mass is 35.5. The molecule has 1 aromatic carbocycles. The molecule has 0 aliphatic carbocycles. The Labute approximate surface area is 179 Å². The van der Waals surface area contributed by atoms with Gasteiger partial charge in [0.2, 0.25) is 0 Å². The van der Waals surface area contributed by atoms with Gasteiger partial charge in [0, 0.05) is 65.1 Å². The van der Waals surface area contributed by atoms with E-state index in [0.29, 0.717) is 17.8 Å². The van der Waals surface area contributed by atoms with Crippen molar-refractivity contribution in [2.24, 2.45) is 0 Å². The van der Waals surface area contributed by atoms with Gasteiger partial charge in [-0.15, -0.1) is 0 Å². The van der Waals surface area contributed by atoms with Crippen LogP contribution in [0.5, 0.6) is 5.75 Å². The van der Waals surface area contributed by atoms with Crippen LogP contribution in [0.15, 0.2) is 41.3 Å². The van der Waals surface area contributed by atoms with Crippen molar-refractivity contribution in [2.45, 2.75) is 26.3 Å². The minimum atomic E-state index is -0.0177. The SMILES string of the molecule is COc1cccn2c(=O)c(CCN3CCc4[nH]c5cc(Cl)ccc5c4C3)c(C)nc12. The van der Waals surface area contributed by atoms with Crippen molar-refractivity contribution in [2.75, 3.05) is 20.2 Å². The van der Waals surface area contributed by atoms with E-state index < -0.39 is 0 Å². The zero-order valence-corrected chi connectivity index (χ0v) is 17.8. The molecule has 0 unspecified atom stereocenters. The Bertz CT molecular complexity index is 1320. The molecule has 4 heterocycles. The van der Waals surface area contributed by atoms with Gasteiger partial charge in [0.1, 0.15) is 0 Å². The summed E-state index contributed by atoms with van der Waals surface area (Å²) in [5.74, 6) is 0.604. The predicted molar refractivity (Wildman–Crippen MR) is 119 cm³/mol. The van der Waals surface area contributed by atoms with Crippen LogP contribution in [-0.4, -0.2) is 39.5 Å². The molecule has 0 spiro atoms. The maximum absolute atomic E-state index is 13.1. The lowest BCUT2D eigenvalue weighted by molar-refractivity contribution is 0.257. The summed E-state index contributed by atoms with van der Waals surface area (Å²) < 4.78 is 6.94. The molecule has 154 valence electrons. The molecule has 30 heavy (non-hydrogen) atoms. The standard InChI is InChI=1S/C23H23ClN4O2/c1-14-16(23(29)28-9-3-4-21(30-2)22(28)25-14)7-10-27-11-8-19-18(13-27)17-6-5-15(24)12-20(17)26-19/h3-6,9,12,26H,7-8,10-11,13H2,1-2H3. The second-order valence-electron chi connectivity index (χ2n) is 7.80. The molecule has 1 aliphatic rings. The molecule has 0 atom stereocenters. The molecule has 0 saturated carbocycles. The molecule has 0 radical (unpaired) electrons. The minimum absolute atomic E-state index is 0.0177. The number of pyridine rings is 1. The molecular formula is C23H23ClN4O2. The van der Waals surface area contributed by atoms with Crippen molar-refractivity contribution in [1.29, 1.82) is 0 Å². The van der Waals surface area contributed by atoms with Crippen molar-refractivity contribution in [1.82, 2.24) is 19.3 Å². The van der Waals surface area contributed by atoms with Crippen LogP contribution in [0.2, 0.25) is 5.02 Å².